The third-order valence-corrected chi connectivity index (χ3v) is 3.82. The first-order chi connectivity index (χ1) is 8.58. The molecular weight excluding hydrogens is 244 g/mol. The van der Waals surface area contributed by atoms with Crippen LogP contribution in [0, 0.1) is 5.92 Å². The summed E-state index contributed by atoms with van der Waals surface area (Å²) in [4.78, 5) is 12.4. The van der Waals surface area contributed by atoms with Gasteiger partial charge in [-0.2, -0.15) is 0 Å². The molecule has 1 aliphatic carbocycles. The van der Waals surface area contributed by atoms with Gasteiger partial charge in [0.25, 0.3) is 5.91 Å². The monoisotopic (exact) mass is 262 g/mol. The summed E-state index contributed by atoms with van der Waals surface area (Å²) in [7, 11) is 0. The number of nitrogens with two attached hydrogens (primary N) is 1. The van der Waals surface area contributed by atoms with E-state index in [-0.39, 0.29) is 5.91 Å². The molecule has 1 aliphatic rings. The first-order valence-corrected chi connectivity index (χ1v) is 6.69. The Balaban J connectivity index is 2.09. The molecule has 0 saturated heterocycles. The molecule has 0 bridgehead atoms. The van der Waals surface area contributed by atoms with Crippen LogP contribution in [-0.4, -0.2) is 16.9 Å². The molecule has 0 radical (unpaired) electrons. The maximum absolute atomic E-state index is 12.1. The summed E-state index contributed by atoms with van der Waals surface area (Å²) in [6.07, 6.45) is 3.46. The van der Waals surface area contributed by atoms with Crippen molar-refractivity contribution in [1.29, 1.82) is 0 Å². The Hall–Kier alpha value is -1.42. The number of rotatable bonds is 3. The van der Waals surface area contributed by atoms with Gasteiger partial charge in [0, 0.05) is 17.2 Å². The molecule has 96 valence electrons. The van der Waals surface area contributed by atoms with E-state index in [2.05, 4.69) is 12.2 Å². The molecule has 1 aromatic carbocycles. The van der Waals surface area contributed by atoms with Crippen molar-refractivity contribution in [3.63, 3.8) is 0 Å². The average molecular weight is 262 g/mol. The van der Waals surface area contributed by atoms with Gasteiger partial charge in [-0.05, 0) is 30.9 Å². The number of benzene rings is 1. The van der Waals surface area contributed by atoms with Crippen LogP contribution in [0.2, 0.25) is 0 Å². The summed E-state index contributed by atoms with van der Waals surface area (Å²) >= 11 is 4.92. The van der Waals surface area contributed by atoms with Crippen molar-refractivity contribution in [2.24, 2.45) is 11.7 Å². The zero-order chi connectivity index (χ0) is 13.1. The van der Waals surface area contributed by atoms with Crippen molar-refractivity contribution in [1.82, 2.24) is 5.32 Å². The topological polar surface area (TPSA) is 55.1 Å². The largest absolute Gasteiger partial charge is 0.389 e. The fourth-order valence-corrected chi connectivity index (χ4v) is 2.55. The Morgan fingerprint density at radius 3 is 2.72 bits per heavy atom. The van der Waals surface area contributed by atoms with Crippen molar-refractivity contribution < 1.29 is 4.79 Å². The second kappa shape index (κ2) is 5.48. The van der Waals surface area contributed by atoms with E-state index >= 15 is 0 Å². The highest BCUT2D eigenvalue weighted by atomic mass is 32.1. The van der Waals surface area contributed by atoms with Gasteiger partial charge >= 0.3 is 0 Å². The summed E-state index contributed by atoms with van der Waals surface area (Å²) in [5.74, 6) is 0.527. The number of nitrogens with one attached hydrogen (secondary N) is 1. The summed E-state index contributed by atoms with van der Waals surface area (Å²) < 4.78 is 0. The molecule has 1 aromatic rings. The molecule has 0 spiro atoms. The third-order valence-electron chi connectivity index (χ3n) is 3.59. The molecule has 1 amide bonds. The number of carbonyl (C=O) groups excluding carboxylic acids is 1. The molecule has 2 unspecified atom stereocenters. The highest BCUT2D eigenvalue weighted by Crippen LogP contribution is 2.25. The van der Waals surface area contributed by atoms with Crippen LogP contribution in [0.3, 0.4) is 0 Å². The van der Waals surface area contributed by atoms with Crippen molar-refractivity contribution in [2.45, 2.75) is 32.2 Å². The van der Waals surface area contributed by atoms with Crippen molar-refractivity contribution in [3.05, 3.63) is 35.4 Å². The summed E-state index contributed by atoms with van der Waals surface area (Å²) in [5.41, 5.74) is 6.93. The number of hydrogen-bond donors (Lipinski definition) is 2. The number of amides is 1. The van der Waals surface area contributed by atoms with Gasteiger partial charge in [0.2, 0.25) is 0 Å². The van der Waals surface area contributed by atoms with Crippen molar-refractivity contribution >= 4 is 23.1 Å². The van der Waals surface area contributed by atoms with E-state index in [1.165, 1.54) is 12.8 Å². The zero-order valence-electron chi connectivity index (χ0n) is 10.5. The maximum atomic E-state index is 12.1. The number of carbonyl (C=O) groups is 1. The minimum Gasteiger partial charge on any atom is -0.389 e. The SMILES string of the molecule is CC1CCCC1NC(=O)c1cccc(C(N)=S)c1. The summed E-state index contributed by atoms with van der Waals surface area (Å²) in [5, 5.41) is 3.09. The molecule has 2 atom stereocenters. The van der Waals surface area contributed by atoms with E-state index in [9.17, 15) is 4.79 Å². The first-order valence-electron chi connectivity index (χ1n) is 6.28. The molecule has 1 fully saturated rings. The molecule has 0 aromatic heterocycles. The van der Waals surface area contributed by atoms with Crippen LogP contribution in [0.1, 0.15) is 42.1 Å². The molecule has 1 saturated carbocycles. The Bertz CT molecular complexity index is 473. The lowest BCUT2D eigenvalue weighted by molar-refractivity contribution is 0.0929. The normalized spacial score (nSPS) is 22.7. The Labute approximate surface area is 113 Å². The average Bonchev–Trinajstić information content (AvgIpc) is 2.75. The van der Waals surface area contributed by atoms with Gasteiger partial charge in [-0.1, -0.05) is 37.7 Å². The first kappa shape index (κ1) is 13.0. The number of thiocarbonyl (C=S) groups is 1. The third kappa shape index (κ3) is 2.88. The van der Waals surface area contributed by atoms with Crippen LogP contribution in [0.5, 0.6) is 0 Å². The molecule has 2 rings (SSSR count). The van der Waals surface area contributed by atoms with Crippen molar-refractivity contribution in [2.75, 3.05) is 0 Å². The fraction of sp³-hybridized carbons (Fsp3) is 0.429. The lowest BCUT2D eigenvalue weighted by atomic mass is 10.1. The van der Waals surface area contributed by atoms with Gasteiger partial charge in [-0.15, -0.1) is 0 Å². The smallest absolute Gasteiger partial charge is 0.251 e. The zero-order valence-corrected chi connectivity index (χ0v) is 11.3. The standard InChI is InChI=1S/C14H18N2OS/c1-9-4-2-7-12(9)16-14(17)11-6-3-5-10(8-11)13(15)18/h3,5-6,8-9,12H,2,4,7H2,1H3,(H2,15,18)(H,16,17). The van der Waals surface area contributed by atoms with Crippen LogP contribution >= 0.6 is 12.2 Å². The Morgan fingerprint density at radius 2 is 2.11 bits per heavy atom. The molecule has 3 nitrogen and oxygen atoms in total. The van der Waals surface area contributed by atoms with E-state index in [4.69, 9.17) is 18.0 Å². The van der Waals surface area contributed by atoms with Crippen molar-refractivity contribution in [3.8, 4) is 0 Å². The highest BCUT2D eigenvalue weighted by molar-refractivity contribution is 7.80. The van der Waals surface area contributed by atoms with Crippen LogP contribution in [-0.2, 0) is 0 Å². The van der Waals surface area contributed by atoms with Gasteiger partial charge in [0.15, 0.2) is 0 Å². The van der Waals surface area contributed by atoms with Gasteiger partial charge in [-0.3, -0.25) is 4.79 Å². The minimum absolute atomic E-state index is 0.0353. The second-order valence-corrected chi connectivity index (χ2v) is 5.37. The summed E-state index contributed by atoms with van der Waals surface area (Å²) in [6, 6.07) is 7.46. The molecule has 0 heterocycles. The van der Waals surface area contributed by atoms with Gasteiger partial charge in [0.05, 0.1) is 0 Å². The highest BCUT2D eigenvalue weighted by Gasteiger charge is 2.25. The quantitative estimate of drug-likeness (QED) is 0.821. The van der Waals surface area contributed by atoms with Gasteiger partial charge < -0.3 is 11.1 Å². The Kier molecular flexibility index (Phi) is 3.97. The lowest BCUT2D eigenvalue weighted by Gasteiger charge is -2.17. The molecule has 3 N–H and O–H groups in total. The maximum Gasteiger partial charge on any atom is 0.251 e. The molecule has 0 aliphatic heterocycles. The predicted molar refractivity (Wildman–Crippen MR) is 76.6 cm³/mol. The lowest BCUT2D eigenvalue weighted by Crippen LogP contribution is -2.36. The van der Waals surface area contributed by atoms with E-state index in [1.807, 2.05) is 12.1 Å². The molecule has 18 heavy (non-hydrogen) atoms. The van der Waals surface area contributed by atoms with E-state index in [1.54, 1.807) is 12.1 Å². The number of hydrogen-bond acceptors (Lipinski definition) is 2. The molecular formula is C14H18N2OS. The van der Waals surface area contributed by atoms with Crippen LogP contribution in [0.4, 0.5) is 0 Å². The van der Waals surface area contributed by atoms with Gasteiger partial charge in [0.1, 0.15) is 4.99 Å². The summed E-state index contributed by atoms with van der Waals surface area (Å²) in [6.45, 7) is 2.18. The predicted octanol–water partition coefficient (Wildman–Crippen LogP) is 2.24. The van der Waals surface area contributed by atoms with Gasteiger partial charge in [-0.25, -0.2) is 0 Å². The fourth-order valence-electron chi connectivity index (χ4n) is 2.43. The van der Waals surface area contributed by atoms with E-state index in [0.717, 1.165) is 12.0 Å². The van der Waals surface area contributed by atoms with E-state index in [0.29, 0.717) is 22.5 Å². The van der Waals surface area contributed by atoms with Crippen LogP contribution in [0.25, 0.3) is 0 Å². The van der Waals surface area contributed by atoms with E-state index < -0.39 is 0 Å². The van der Waals surface area contributed by atoms with Crippen LogP contribution < -0.4 is 11.1 Å². The van der Waals surface area contributed by atoms with Crippen LogP contribution in [0.15, 0.2) is 24.3 Å². The second-order valence-electron chi connectivity index (χ2n) is 4.93. The molecule has 4 heteroatoms. The Morgan fingerprint density at radius 1 is 1.39 bits per heavy atom. The minimum atomic E-state index is -0.0353.